The minimum absolute atomic E-state index is 0.0308. The lowest BCUT2D eigenvalue weighted by Crippen LogP contribution is -2.37. The van der Waals surface area contributed by atoms with Gasteiger partial charge in [-0.1, -0.05) is 15.9 Å². The summed E-state index contributed by atoms with van der Waals surface area (Å²) in [6.45, 7) is 4.50. The monoisotopic (exact) mass is 472 g/mol. The number of aromatic nitrogens is 4. The van der Waals surface area contributed by atoms with E-state index in [-0.39, 0.29) is 5.91 Å². The zero-order chi connectivity index (χ0) is 21.3. The quantitative estimate of drug-likeness (QED) is 0.571. The van der Waals surface area contributed by atoms with Gasteiger partial charge in [0.15, 0.2) is 0 Å². The Morgan fingerprint density at radius 1 is 1.27 bits per heavy atom. The molecule has 4 rings (SSSR count). The van der Waals surface area contributed by atoms with Crippen LogP contribution in [0.3, 0.4) is 0 Å². The largest absolute Gasteiger partial charge is 0.481 e. The molecule has 158 valence electrons. The normalized spacial score (nSPS) is 13.5. The molecule has 0 fully saturated rings. The van der Waals surface area contributed by atoms with Crippen LogP contribution in [-0.2, 0) is 26.1 Å². The van der Waals surface area contributed by atoms with Crippen molar-refractivity contribution in [3.05, 3.63) is 57.4 Å². The predicted molar refractivity (Wildman–Crippen MR) is 118 cm³/mol. The number of anilines is 1. The van der Waals surface area contributed by atoms with Gasteiger partial charge in [0.1, 0.15) is 0 Å². The third-order valence-corrected chi connectivity index (χ3v) is 6.06. The van der Waals surface area contributed by atoms with Gasteiger partial charge in [-0.25, -0.2) is 9.67 Å². The number of methoxy groups -OCH3 is 1. The molecule has 1 amide bonds. The number of nitrogens with one attached hydrogen (secondary N) is 1. The first kappa shape index (κ1) is 20.5. The van der Waals surface area contributed by atoms with E-state index in [0.717, 1.165) is 45.8 Å². The molecule has 2 aromatic heterocycles. The first-order chi connectivity index (χ1) is 14.5. The fourth-order valence-electron chi connectivity index (χ4n) is 3.87. The number of carbonyl (C=O) groups excluding carboxylic acids is 1. The molecule has 1 aliphatic rings. The molecule has 3 aromatic rings. The average Bonchev–Trinajstić information content (AvgIpc) is 3.36. The van der Waals surface area contributed by atoms with Gasteiger partial charge in [0.05, 0.1) is 25.9 Å². The number of rotatable bonds is 7. The summed E-state index contributed by atoms with van der Waals surface area (Å²) in [6.07, 6.45) is 4.49. The van der Waals surface area contributed by atoms with E-state index in [9.17, 15) is 4.79 Å². The summed E-state index contributed by atoms with van der Waals surface area (Å²) in [7, 11) is 3.48. The number of ether oxygens (including phenoxy) is 1. The van der Waals surface area contributed by atoms with Crippen molar-refractivity contribution < 1.29 is 9.53 Å². The number of hydrogen-bond donors (Lipinski definition) is 1. The van der Waals surface area contributed by atoms with E-state index >= 15 is 0 Å². The Morgan fingerprint density at radius 2 is 2.10 bits per heavy atom. The Kier molecular flexibility index (Phi) is 5.80. The zero-order valence-electron chi connectivity index (χ0n) is 17.4. The minimum Gasteiger partial charge on any atom is -0.481 e. The summed E-state index contributed by atoms with van der Waals surface area (Å²) < 4.78 is 10.2. The lowest BCUT2D eigenvalue weighted by atomic mass is 9.96. The van der Waals surface area contributed by atoms with Gasteiger partial charge in [0, 0.05) is 48.6 Å². The maximum absolute atomic E-state index is 13.3. The molecular weight excluding hydrogens is 448 g/mol. The van der Waals surface area contributed by atoms with Gasteiger partial charge in [-0.2, -0.15) is 5.10 Å². The van der Waals surface area contributed by atoms with E-state index in [1.54, 1.807) is 18.0 Å². The standard InChI is InChI=1S/C21H25BrN6O2/c1-4-28-19(30-3)11-15(25-28)13-26-7-5-16-17(20(26)29)9-14(10-18(16)22)12-27-8-6-24-21(27)23-2/h6,8-11H,4-5,7,12-13H2,1-3H3,(H,23,24). The van der Waals surface area contributed by atoms with Crippen LogP contribution < -0.4 is 10.1 Å². The number of hydrogen-bond acceptors (Lipinski definition) is 5. The lowest BCUT2D eigenvalue weighted by molar-refractivity contribution is 0.0724. The Balaban J connectivity index is 1.58. The van der Waals surface area contributed by atoms with E-state index in [2.05, 4.69) is 37.4 Å². The topological polar surface area (TPSA) is 77.2 Å². The second-order valence-electron chi connectivity index (χ2n) is 7.20. The van der Waals surface area contributed by atoms with Crippen molar-refractivity contribution in [2.24, 2.45) is 0 Å². The van der Waals surface area contributed by atoms with Gasteiger partial charge in [0.25, 0.3) is 5.91 Å². The van der Waals surface area contributed by atoms with Crippen molar-refractivity contribution in [3.63, 3.8) is 0 Å². The van der Waals surface area contributed by atoms with Crippen molar-refractivity contribution in [2.75, 3.05) is 26.0 Å². The van der Waals surface area contributed by atoms with E-state index < -0.39 is 0 Å². The van der Waals surface area contributed by atoms with Crippen LogP contribution in [0.25, 0.3) is 0 Å². The summed E-state index contributed by atoms with van der Waals surface area (Å²) >= 11 is 3.67. The molecule has 0 saturated heterocycles. The number of aryl methyl sites for hydroxylation is 1. The molecule has 1 aliphatic heterocycles. The predicted octanol–water partition coefficient (Wildman–Crippen LogP) is 3.16. The SMILES string of the molecule is CCn1nc(CN2CCc3c(Br)cc(Cn4ccnc4NC)cc3C2=O)cc1OC. The number of nitrogens with zero attached hydrogens (tertiary/aromatic N) is 5. The first-order valence-electron chi connectivity index (χ1n) is 9.94. The molecule has 9 heteroatoms. The Morgan fingerprint density at radius 3 is 2.80 bits per heavy atom. The van der Waals surface area contributed by atoms with Crippen molar-refractivity contribution in [3.8, 4) is 5.88 Å². The highest BCUT2D eigenvalue weighted by Gasteiger charge is 2.27. The number of fused-ring (bicyclic) bond motifs is 1. The van der Waals surface area contributed by atoms with Crippen molar-refractivity contribution in [2.45, 2.75) is 33.0 Å². The van der Waals surface area contributed by atoms with Crippen molar-refractivity contribution in [1.82, 2.24) is 24.2 Å². The van der Waals surface area contributed by atoms with Crippen LogP contribution in [0.4, 0.5) is 5.95 Å². The first-order valence-corrected chi connectivity index (χ1v) is 10.7. The highest BCUT2D eigenvalue weighted by atomic mass is 79.9. The summed E-state index contributed by atoms with van der Waals surface area (Å²) in [5.74, 6) is 1.53. The van der Waals surface area contributed by atoms with Gasteiger partial charge in [0.2, 0.25) is 11.8 Å². The molecule has 30 heavy (non-hydrogen) atoms. The zero-order valence-corrected chi connectivity index (χ0v) is 18.9. The Bertz CT molecular complexity index is 1050. The number of imidazole rings is 1. The maximum Gasteiger partial charge on any atom is 0.254 e. The molecular formula is C21H25BrN6O2. The summed E-state index contributed by atoms with van der Waals surface area (Å²) in [5.41, 5.74) is 3.69. The van der Waals surface area contributed by atoms with Crippen LogP contribution >= 0.6 is 15.9 Å². The van der Waals surface area contributed by atoms with Crippen LogP contribution in [0.2, 0.25) is 0 Å². The van der Waals surface area contributed by atoms with Crippen molar-refractivity contribution >= 4 is 27.8 Å². The van der Waals surface area contributed by atoms with Crippen LogP contribution in [0.5, 0.6) is 5.88 Å². The van der Waals surface area contributed by atoms with E-state index in [0.29, 0.717) is 25.5 Å². The smallest absolute Gasteiger partial charge is 0.254 e. The van der Waals surface area contributed by atoms with E-state index in [1.165, 1.54) is 0 Å². The van der Waals surface area contributed by atoms with Crippen molar-refractivity contribution in [1.29, 1.82) is 0 Å². The second kappa shape index (κ2) is 8.51. The highest BCUT2D eigenvalue weighted by molar-refractivity contribution is 9.10. The molecule has 0 spiro atoms. The molecule has 0 radical (unpaired) electrons. The van der Waals surface area contributed by atoms with Crippen LogP contribution in [0.15, 0.2) is 35.1 Å². The van der Waals surface area contributed by atoms with Gasteiger partial charge in [-0.15, -0.1) is 0 Å². The fraction of sp³-hybridized carbons (Fsp3) is 0.381. The number of halogens is 1. The third-order valence-electron chi connectivity index (χ3n) is 5.35. The van der Waals surface area contributed by atoms with Gasteiger partial charge < -0.3 is 19.5 Å². The fourth-order valence-corrected chi connectivity index (χ4v) is 4.58. The minimum atomic E-state index is 0.0308. The van der Waals surface area contributed by atoms with Gasteiger partial charge >= 0.3 is 0 Å². The molecule has 0 bridgehead atoms. The molecule has 0 saturated carbocycles. The van der Waals surface area contributed by atoms with Gasteiger partial charge in [-0.3, -0.25) is 4.79 Å². The molecule has 0 aliphatic carbocycles. The number of benzene rings is 1. The molecule has 1 N–H and O–H groups in total. The van der Waals surface area contributed by atoms with Crippen LogP contribution in [0, 0.1) is 0 Å². The second-order valence-corrected chi connectivity index (χ2v) is 8.06. The number of amides is 1. The molecule has 1 aromatic carbocycles. The third kappa shape index (κ3) is 3.81. The number of carbonyl (C=O) groups is 1. The lowest BCUT2D eigenvalue weighted by Gasteiger charge is -2.29. The van der Waals surface area contributed by atoms with Gasteiger partial charge in [-0.05, 0) is 36.6 Å². The molecule has 8 nitrogen and oxygen atoms in total. The highest BCUT2D eigenvalue weighted by Crippen LogP contribution is 2.30. The molecule has 0 unspecified atom stereocenters. The summed E-state index contributed by atoms with van der Waals surface area (Å²) in [5, 5.41) is 7.64. The maximum atomic E-state index is 13.3. The summed E-state index contributed by atoms with van der Waals surface area (Å²) in [4.78, 5) is 19.4. The van der Waals surface area contributed by atoms with E-state index in [4.69, 9.17) is 4.74 Å². The Labute approximate surface area is 184 Å². The summed E-state index contributed by atoms with van der Waals surface area (Å²) in [6, 6.07) is 5.99. The van der Waals surface area contributed by atoms with Crippen LogP contribution in [0.1, 0.15) is 34.1 Å². The Hall–Kier alpha value is -2.81. The molecule has 3 heterocycles. The average molecular weight is 473 g/mol. The van der Waals surface area contributed by atoms with E-state index in [1.807, 2.05) is 41.8 Å². The molecule has 0 atom stereocenters. The van der Waals surface area contributed by atoms with Crippen LogP contribution in [-0.4, -0.2) is 50.8 Å².